The van der Waals surface area contributed by atoms with Crippen molar-refractivity contribution in [1.82, 2.24) is 5.43 Å². The number of hydrogen-bond donors (Lipinski definition) is 2. The molecule has 0 bridgehead atoms. The summed E-state index contributed by atoms with van der Waals surface area (Å²) in [5.74, 6) is 0.865. The summed E-state index contributed by atoms with van der Waals surface area (Å²) in [6.45, 7) is 2.75. The molecule has 2 N–H and O–H groups in total. The van der Waals surface area contributed by atoms with Gasteiger partial charge in [0.05, 0.1) is 23.8 Å². The Morgan fingerprint density at radius 1 is 1.03 bits per heavy atom. The number of hydrogen-bond acceptors (Lipinski definition) is 5. The lowest BCUT2D eigenvalue weighted by Crippen LogP contribution is -2.25. The SMILES string of the molecule is CCOc1cc(/C=N\NC(=O)CNc2cccc3ccccc23)cc(Br)c1OCc1ccccc1Cl. The van der Waals surface area contributed by atoms with Gasteiger partial charge in [0.2, 0.25) is 0 Å². The fourth-order valence-corrected chi connectivity index (χ4v) is 4.37. The zero-order valence-electron chi connectivity index (χ0n) is 19.6. The van der Waals surface area contributed by atoms with E-state index in [4.69, 9.17) is 21.1 Å². The van der Waals surface area contributed by atoms with Crippen LogP contribution in [0.25, 0.3) is 10.8 Å². The first-order chi connectivity index (χ1) is 17.5. The second kappa shape index (κ2) is 12.4. The summed E-state index contributed by atoms with van der Waals surface area (Å²) in [5.41, 5.74) is 5.06. The van der Waals surface area contributed by atoms with Crippen molar-refractivity contribution in [2.75, 3.05) is 18.5 Å². The van der Waals surface area contributed by atoms with Gasteiger partial charge < -0.3 is 14.8 Å². The van der Waals surface area contributed by atoms with E-state index in [1.54, 1.807) is 12.3 Å². The molecule has 0 spiro atoms. The summed E-state index contributed by atoms with van der Waals surface area (Å²) < 4.78 is 12.5. The smallest absolute Gasteiger partial charge is 0.259 e. The molecule has 4 aromatic rings. The van der Waals surface area contributed by atoms with E-state index in [1.807, 2.05) is 79.7 Å². The third-order valence-electron chi connectivity index (χ3n) is 5.29. The number of rotatable bonds is 10. The van der Waals surface area contributed by atoms with Crippen molar-refractivity contribution in [2.45, 2.75) is 13.5 Å². The molecule has 1 amide bonds. The van der Waals surface area contributed by atoms with Crippen LogP contribution in [0.5, 0.6) is 11.5 Å². The van der Waals surface area contributed by atoms with E-state index >= 15 is 0 Å². The zero-order valence-corrected chi connectivity index (χ0v) is 22.0. The Morgan fingerprint density at radius 2 is 1.81 bits per heavy atom. The van der Waals surface area contributed by atoms with E-state index in [0.717, 1.165) is 27.6 Å². The Balaban J connectivity index is 1.38. The highest BCUT2D eigenvalue weighted by atomic mass is 79.9. The molecule has 184 valence electrons. The Hall–Kier alpha value is -3.55. The highest BCUT2D eigenvalue weighted by Crippen LogP contribution is 2.37. The number of nitrogens with one attached hydrogen (secondary N) is 2. The predicted octanol–water partition coefficient (Wildman–Crippen LogP) is 6.80. The number of nitrogens with zero attached hydrogens (tertiary/aromatic N) is 1. The number of halogens is 2. The summed E-state index contributed by atoms with van der Waals surface area (Å²) in [7, 11) is 0. The van der Waals surface area contributed by atoms with E-state index in [2.05, 4.69) is 31.8 Å². The fourth-order valence-electron chi connectivity index (χ4n) is 3.60. The summed E-state index contributed by atoms with van der Waals surface area (Å²) >= 11 is 9.80. The van der Waals surface area contributed by atoms with Crippen LogP contribution >= 0.6 is 27.5 Å². The topological polar surface area (TPSA) is 72.0 Å². The van der Waals surface area contributed by atoms with Crippen molar-refractivity contribution in [1.29, 1.82) is 0 Å². The molecular weight excluding hydrogens is 542 g/mol. The molecular formula is C28H25BrClN3O3. The minimum absolute atomic E-state index is 0.0913. The maximum Gasteiger partial charge on any atom is 0.259 e. The van der Waals surface area contributed by atoms with Gasteiger partial charge in [-0.25, -0.2) is 5.43 Å². The lowest BCUT2D eigenvalue weighted by atomic mass is 10.1. The van der Waals surface area contributed by atoms with Gasteiger partial charge in [0.25, 0.3) is 5.91 Å². The van der Waals surface area contributed by atoms with Gasteiger partial charge in [-0.1, -0.05) is 66.2 Å². The zero-order chi connectivity index (χ0) is 25.3. The minimum atomic E-state index is -0.261. The number of benzene rings is 4. The maximum atomic E-state index is 12.3. The molecule has 4 rings (SSSR count). The Morgan fingerprint density at radius 3 is 2.64 bits per heavy atom. The van der Waals surface area contributed by atoms with Crippen molar-refractivity contribution >= 4 is 56.1 Å². The van der Waals surface area contributed by atoms with Gasteiger partial charge >= 0.3 is 0 Å². The van der Waals surface area contributed by atoms with Gasteiger partial charge in [0.1, 0.15) is 6.61 Å². The van der Waals surface area contributed by atoms with E-state index in [1.165, 1.54) is 0 Å². The second-order valence-corrected chi connectivity index (χ2v) is 9.08. The van der Waals surface area contributed by atoms with Crippen molar-refractivity contribution in [3.8, 4) is 11.5 Å². The number of amides is 1. The van der Waals surface area contributed by atoms with Gasteiger partial charge in [-0.2, -0.15) is 5.10 Å². The molecule has 0 heterocycles. The number of carbonyl (C=O) groups is 1. The van der Waals surface area contributed by atoms with Crippen LogP contribution in [0.15, 0.2) is 88.4 Å². The summed E-state index contributed by atoms with van der Waals surface area (Å²) in [6.07, 6.45) is 1.56. The molecule has 0 atom stereocenters. The second-order valence-electron chi connectivity index (χ2n) is 7.82. The number of ether oxygens (including phenoxy) is 2. The predicted molar refractivity (Wildman–Crippen MR) is 149 cm³/mol. The molecule has 0 aliphatic rings. The lowest BCUT2D eigenvalue weighted by molar-refractivity contribution is -0.119. The molecule has 0 aliphatic heterocycles. The van der Waals surface area contributed by atoms with Crippen molar-refractivity contribution in [3.63, 3.8) is 0 Å². The number of hydrazone groups is 1. The first-order valence-corrected chi connectivity index (χ1v) is 12.6. The van der Waals surface area contributed by atoms with Gasteiger partial charge in [-0.3, -0.25) is 4.79 Å². The third kappa shape index (κ3) is 6.56. The molecule has 0 radical (unpaired) electrons. The Bertz CT molecular complexity index is 1390. The number of fused-ring (bicyclic) bond motifs is 1. The molecule has 0 saturated heterocycles. The first-order valence-electron chi connectivity index (χ1n) is 11.4. The summed E-state index contributed by atoms with van der Waals surface area (Å²) in [6, 6.07) is 25.1. The van der Waals surface area contributed by atoms with Crippen LogP contribution in [0.3, 0.4) is 0 Å². The van der Waals surface area contributed by atoms with Crippen LogP contribution in [0.1, 0.15) is 18.1 Å². The van der Waals surface area contributed by atoms with E-state index in [9.17, 15) is 4.79 Å². The molecule has 0 aromatic heterocycles. The highest BCUT2D eigenvalue weighted by molar-refractivity contribution is 9.10. The quantitative estimate of drug-likeness (QED) is 0.164. The van der Waals surface area contributed by atoms with Gasteiger partial charge in [-0.05, 0) is 58.1 Å². The third-order valence-corrected chi connectivity index (χ3v) is 6.25. The molecule has 36 heavy (non-hydrogen) atoms. The van der Waals surface area contributed by atoms with Crippen molar-refractivity contribution in [3.05, 3.63) is 99.5 Å². The standard InChI is InChI=1S/C28H25BrClN3O3/c1-2-35-26-15-19(14-23(29)28(26)36-18-21-9-4-6-12-24(21)30)16-32-33-27(34)17-31-25-13-7-10-20-8-3-5-11-22(20)25/h3-16,31H,2,17-18H2,1H3,(H,33,34)/b32-16-. The molecule has 0 aliphatic carbocycles. The number of anilines is 1. The van der Waals surface area contributed by atoms with Gasteiger partial charge in [0, 0.05) is 21.7 Å². The van der Waals surface area contributed by atoms with Crippen LogP contribution in [0.2, 0.25) is 5.02 Å². The number of carbonyl (C=O) groups excluding carboxylic acids is 1. The molecule has 4 aromatic carbocycles. The highest BCUT2D eigenvalue weighted by Gasteiger charge is 2.13. The Kier molecular flexibility index (Phi) is 8.81. The first kappa shape index (κ1) is 25.5. The van der Waals surface area contributed by atoms with Crippen LogP contribution in [0.4, 0.5) is 5.69 Å². The fraction of sp³-hybridized carbons (Fsp3) is 0.143. The molecule has 6 nitrogen and oxygen atoms in total. The average molecular weight is 567 g/mol. The van der Waals surface area contributed by atoms with Crippen LogP contribution < -0.4 is 20.2 Å². The van der Waals surface area contributed by atoms with Crippen LogP contribution in [-0.4, -0.2) is 25.3 Å². The summed E-state index contributed by atoms with van der Waals surface area (Å²) in [5, 5.41) is 10.1. The van der Waals surface area contributed by atoms with Gasteiger partial charge in [-0.15, -0.1) is 0 Å². The molecule has 0 saturated carbocycles. The van der Waals surface area contributed by atoms with Crippen molar-refractivity contribution in [2.24, 2.45) is 5.10 Å². The monoisotopic (exact) mass is 565 g/mol. The molecule has 8 heteroatoms. The van der Waals surface area contributed by atoms with Crippen LogP contribution in [-0.2, 0) is 11.4 Å². The van der Waals surface area contributed by atoms with Crippen molar-refractivity contribution < 1.29 is 14.3 Å². The van der Waals surface area contributed by atoms with Gasteiger partial charge in [0.15, 0.2) is 11.5 Å². The van der Waals surface area contributed by atoms with Crippen LogP contribution in [0, 0.1) is 0 Å². The maximum absolute atomic E-state index is 12.3. The Labute approximate surface area is 223 Å². The van der Waals surface area contributed by atoms with E-state index in [0.29, 0.717) is 34.2 Å². The average Bonchev–Trinajstić information content (AvgIpc) is 2.88. The lowest BCUT2D eigenvalue weighted by Gasteiger charge is -2.15. The summed E-state index contributed by atoms with van der Waals surface area (Å²) in [4.78, 5) is 12.3. The van der Waals surface area contributed by atoms with E-state index in [-0.39, 0.29) is 12.5 Å². The van der Waals surface area contributed by atoms with E-state index < -0.39 is 0 Å². The molecule has 0 fully saturated rings. The minimum Gasteiger partial charge on any atom is -0.490 e. The molecule has 0 unspecified atom stereocenters. The normalized spacial score (nSPS) is 11.0. The largest absolute Gasteiger partial charge is 0.490 e.